The third-order valence-corrected chi connectivity index (χ3v) is 5.01. The molecule has 0 spiro atoms. The molecule has 2 aliphatic rings. The van der Waals surface area contributed by atoms with Gasteiger partial charge in [-0.15, -0.1) is 0 Å². The van der Waals surface area contributed by atoms with Crippen LogP contribution in [0.1, 0.15) is 49.0 Å². The van der Waals surface area contributed by atoms with E-state index >= 15 is 0 Å². The second-order valence-corrected chi connectivity index (χ2v) is 6.79. The molecule has 2 N–H and O–H groups in total. The van der Waals surface area contributed by atoms with E-state index in [4.69, 9.17) is 0 Å². The smallest absolute Gasteiger partial charge is 0.271 e. The molecule has 1 aliphatic carbocycles. The Bertz CT molecular complexity index is 505. The zero-order valence-electron chi connectivity index (χ0n) is 13.5. The number of aromatic nitrogens is 2. The van der Waals surface area contributed by atoms with Crippen LogP contribution in [-0.2, 0) is 0 Å². The molecule has 1 aliphatic heterocycles. The van der Waals surface area contributed by atoms with Crippen molar-refractivity contribution in [1.82, 2.24) is 20.2 Å². The normalized spacial score (nSPS) is 26.8. The fourth-order valence-electron chi connectivity index (χ4n) is 3.71. The van der Waals surface area contributed by atoms with Crippen LogP contribution in [0.3, 0.4) is 0 Å². The zero-order chi connectivity index (χ0) is 16.1. The first-order chi connectivity index (χ1) is 11.2. The van der Waals surface area contributed by atoms with Crippen molar-refractivity contribution < 1.29 is 9.90 Å². The van der Waals surface area contributed by atoms with Crippen molar-refractivity contribution >= 4 is 5.91 Å². The molecule has 1 aromatic heterocycles. The summed E-state index contributed by atoms with van der Waals surface area (Å²) < 4.78 is 0. The number of likely N-dealkylation sites (tertiary alicyclic amines) is 1. The molecule has 1 saturated carbocycles. The Hall–Kier alpha value is -1.53. The summed E-state index contributed by atoms with van der Waals surface area (Å²) in [5.74, 6) is 0.511. The molecule has 6 nitrogen and oxygen atoms in total. The first-order valence-electron chi connectivity index (χ1n) is 8.69. The summed E-state index contributed by atoms with van der Waals surface area (Å²) in [7, 11) is 0. The Balaban J connectivity index is 1.54. The third-order valence-electron chi connectivity index (χ3n) is 5.01. The molecule has 2 fully saturated rings. The lowest BCUT2D eigenvalue weighted by atomic mass is 9.88. The van der Waals surface area contributed by atoms with E-state index in [9.17, 15) is 9.90 Å². The molecule has 0 radical (unpaired) electrons. The van der Waals surface area contributed by atoms with Crippen LogP contribution in [-0.4, -0.2) is 57.7 Å². The van der Waals surface area contributed by atoms with Crippen LogP contribution < -0.4 is 5.32 Å². The number of hydrogen-bond acceptors (Lipinski definition) is 5. The maximum Gasteiger partial charge on any atom is 0.271 e. The van der Waals surface area contributed by atoms with Gasteiger partial charge >= 0.3 is 0 Å². The highest BCUT2D eigenvalue weighted by molar-refractivity contribution is 5.92. The van der Waals surface area contributed by atoms with E-state index in [0.717, 1.165) is 19.0 Å². The molecule has 0 aromatic carbocycles. The highest BCUT2D eigenvalue weighted by Gasteiger charge is 2.30. The molecule has 3 rings (SSSR count). The average Bonchev–Trinajstić information content (AvgIpc) is 2.59. The summed E-state index contributed by atoms with van der Waals surface area (Å²) in [5, 5.41) is 13.1. The second-order valence-electron chi connectivity index (χ2n) is 6.79. The van der Waals surface area contributed by atoms with Crippen LogP contribution in [0.4, 0.5) is 0 Å². The van der Waals surface area contributed by atoms with Gasteiger partial charge in [0.05, 0.1) is 18.3 Å². The van der Waals surface area contributed by atoms with Crippen LogP contribution in [0.2, 0.25) is 0 Å². The van der Waals surface area contributed by atoms with Gasteiger partial charge in [0.2, 0.25) is 0 Å². The van der Waals surface area contributed by atoms with E-state index in [-0.39, 0.29) is 11.9 Å². The van der Waals surface area contributed by atoms with E-state index in [2.05, 4.69) is 20.2 Å². The SMILES string of the molecule is O=C(N[C@@H]1CN(CC2CCCCC2)CC[C@@H]1O)c1cnccn1. The van der Waals surface area contributed by atoms with Crippen LogP contribution in [0.25, 0.3) is 0 Å². The molecular formula is C17H26N4O2. The molecule has 0 unspecified atom stereocenters. The highest BCUT2D eigenvalue weighted by Crippen LogP contribution is 2.25. The Labute approximate surface area is 137 Å². The Kier molecular flexibility index (Phi) is 5.56. The van der Waals surface area contributed by atoms with Crippen LogP contribution in [0, 0.1) is 5.92 Å². The van der Waals surface area contributed by atoms with Gasteiger partial charge in [0.15, 0.2) is 0 Å². The first kappa shape index (κ1) is 16.3. The van der Waals surface area contributed by atoms with Crippen molar-refractivity contribution in [2.75, 3.05) is 19.6 Å². The number of hydrogen-bond donors (Lipinski definition) is 2. The lowest BCUT2D eigenvalue weighted by molar-refractivity contribution is 0.0361. The maximum atomic E-state index is 12.2. The Morgan fingerprint density at radius 2 is 2.09 bits per heavy atom. The van der Waals surface area contributed by atoms with Gasteiger partial charge in [-0.1, -0.05) is 19.3 Å². The summed E-state index contributed by atoms with van der Waals surface area (Å²) in [6.45, 7) is 2.71. The summed E-state index contributed by atoms with van der Waals surface area (Å²) in [6.07, 6.45) is 11.4. The minimum atomic E-state index is -0.488. The third kappa shape index (κ3) is 4.48. The predicted octanol–water partition coefficient (Wildman–Crippen LogP) is 1.22. The predicted molar refractivity (Wildman–Crippen MR) is 86.9 cm³/mol. The van der Waals surface area contributed by atoms with E-state index < -0.39 is 6.10 Å². The molecule has 2 heterocycles. The fourth-order valence-corrected chi connectivity index (χ4v) is 3.71. The standard InChI is InChI=1S/C17H26N4O2/c22-16-6-9-21(11-13-4-2-1-3-5-13)12-15(16)20-17(23)14-10-18-7-8-19-14/h7-8,10,13,15-16,22H,1-6,9,11-12H2,(H,20,23)/t15-,16+/m1/s1. The number of rotatable bonds is 4. The molecule has 1 amide bonds. The Morgan fingerprint density at radius 3 is 2.83 bits per heavy atom. The minimum absolute atomic E-state index is 0.234. The maximum absolute atomic E-state index is 12.2. The van der Waals surface area contributed by atoms with Crippen LogP contribution >= 0.6 is 0 Å². The van der Waals surface area contributed by atoms with Gasteiger partial charge in [0.1, 0.15) is 5.69 Å². The molecule has 2 atom stereocenters. The summed E-state index contributed by atoms with van der Waals surface area (Å²) in [4.78, 5) is 22.5. The highest BCUT2D eigenvalue weighted by atomic mass is 16.3. The second kappa shape index (κ2) is 7.84. The lowest BCUT2D eigenvalue weighted by Gasteiger charge is -2.38. The van der Waals surface area contributed by atoms with Gasteiger partial charge in [-0.25, -0.2) is 4.98 Å². The van der Waals surface area contributed by atoms with E-state index in [1.165, 1.54) is 50.7 Å². The van der Waals surface area contributed by atoms with Gasteiger partial charge in [0, 0.05) is 32.0 Å². The quantitative estimate of drug-likeness (QED) is 0.873. The van der Waals surface area contributed by atoms with Crippen LogP contribution in [0.5, 0.6) is 0 Å². The monoisotopic (exact) mass is 318 g/mol. The van der Waals surface area contributed by atoms with Crippen molar-refractivity contribution in [2.24, 2.45) is 5.92 Å². The average molecular weight is 318 g/mol. The van der Waals surface area contributed by atoms with E-state index in [1.807, 2.05) is 0 Å². The largest absolute Gasteiger partial charge is 0.391 e. The number of aliphatic hydroxyl groups is 1. The topological polar surface area (TPSA) is 78.4 Å². The van der Waals surface area contributed by atoms with Crippen molar-refractivity contribution in [3.8, 4) is 0 Å². The molecule has 126 valence electrons. The number of nitrogens with one attached hydrogen (secondary N) is 1. The van der Waals surface area contributed by atoms with Crippen molar-refractivity contribution in [1.29, 1.82) is 0 Å². The van der Waals surface area contributed by atoms with Gasteiger partial charge in [-0.05, 0) is 25.2 Å². The van der Waals surface area contributed by atoms with Crippen molar-refractivity contribution in [3.05, 3.63) is 24.3 Å². The summed E-state index contributed by atoms with van der Waals surface area (Å²) in [6, 6.07) is -0.234. The zero-order valence-corrected chi connectivity index (χ0v) is 13.5. The number of aliphatic hydroxyl groups excluding tert-OH is 1. The van der Waals surface area contributed by atoms with Gasteiger partial charge in [-0.2, -0.15) is 0 Å². The molecule has 0 bridgehead atoms. The molecule has 1 aromatic rings. The Morgan fingerprint density at radius 1 is 1.26 bits per heavy atom. The van der Waals surface area contributed by atoms with Gasteiger partial charge < -0.3 is 15.3 Å². The van der Waals surface area contributed by atoms with Crippen molar-refractivity contribution in [2.45, 2.75) is 50.7 Å². The van der Waals surface area contributed by atoms with Gasteiger partial charge in [-0.3, -0.25) is 9.78 Å². The van der Waals surface area contributed by atoms with E-state index in [1.54, 1.807) is 0 Å². The molecule has 6 heteroatoms. The molecule has 1 saturated heterocycles. The number of carbonyl (C=O) groups excluding carboxylic acids is 1. The fraction of sp³-hybridized carbons (Fsp3) is 0.706. The summed E-state index contributed by atoms with van der Waals surface area (Å²) >= 11 is 0. The molecular weight excluding hydrogens is 292 g/mol. The lowest BCUT2D eigenvalue weighted by Crippen LogP contribution is -2.55. The summed E-state index contributed by atoms with van der Waals surface area (Å²) in [5.41, 5.74) is 0.295. The van der Waals surface area contributed by atoms with Crippen LogP contribution in [0.15, 0.2) is 18.6 Å². The number of carbonyl (C=O) groups is 1. The van der Waals surface area contributed by atoms with E-state index in [0.29, 0.717) is 18.7 Å². The number of amides is 1. The van der Waals surface area contributed by atoms with Crippen molar-refractivity contribution in [3.63, 3.8) is 0 Å². The number of piperidine rings is 1. The molecule has 23 heavy (non-hydrogen) atoms. The minimum Gasteiger partial charge on any atom is -0.391 e. The number of nitrogens with zero attached hydrogens (tertiary/aromatic N) is 3. The first-order valence-corrected chi connectivity index (χ1v) is 8.69. The van der Waals surface area contributed by atoms with Gasteiger partial charge in [0.25, 0.3) is 5.91 Å².